The van der Waals surface area contributed by atoms with Gasteiger partial charge in [-0.3, -0.25) is 14.6 Å². The topological polar surface area (TPSA) is 90.6 Å². The van der Waals surface area contributed by atoms with Gasteiger partial charge < -0.3 is 10.0 Å². The van der Waals surface area contributed by atoms with Crippen LogP contribution in [-0.4, -0.2) is 97.8 Å². The molecule has 35 heavy (non-hydrogen) atoms. The molecule has 0 bridgehead atoms. The number of hydrogen-bond donors (Lipinski definition) is 1. The molecule has 3 heterocycles. The molecular formula is C26H39N7O2. The third-order valence-electron chi connectivity index (χ3n) is 8.49. The minimum atomic E-state index is -0.725. The van der Waals surface area contributed by atoms with Crippen molar-refractivity contribution < 1.29 is 9.90 Å². The van der Waals surface area contributed by atoms with Crippen molar-refractivity contribution >= 4 is 5.97 Å². The van der Waals surface area contributed by atoms with Gasteiger partial charge in [0, 0.05) is 45.3 Å². The van der Waals surface area contributed by atoms with Gasteiger partial charge in [-0.2, -0.15) is 0 Å². The van der Waals surface area contributed by atoms with Gasteiger partial charge in [0.05, 0.1) is 18.0 Å². The molecule has 1 unspecified atom stereocenters. The molecule has 1 aromatic heterocycles. The number of tetrazole rings is 1. The van der Waals surface area contributed by atoms with Crippen LogP contribution in [0.5, 0.6) is 0 Å². The third kappa shape index (κ3) is 5.27. The summed E-state index contributed by atoms with van der Waals surface area (Å²) in [4.78, 5) is 19.1. The van der Waals surface area contributed by atoms with Crippen molar-refractivity contribution in [2.24, 2.45) is 5.92 Å². The second-order valence-corrected chi connectivity index (χ2v) is 10.7. The first-order valence-corrected chi connectivity index (χ1v) is 13.3. The number of rotatable bonds is 8. The molecule has 5 rings (SSSR count). The van der Waals surface area contributed by atoms with Crippen LogP contribution in [0.4, 0.5) is 0 Å². The minimum absolute atomic E-state index is 0.225. The molecule has 2 aromatic rings. The van der Waals surface area contributed by atoms with Crippen LogP contribution in [0.1, 0.15) is 56.8 Å². The standard InChI is InChI=1S/C26H39N7O2/c1-21(24(34)35)19-30-15-11-26(12-16-30,32-14-6-13-31(17-18-32)23-9-5-10-23)25-27-28-29-33(25)20-22-7-3-2-4-8-22/h2-4,7-8,21,23H,5-6,9-20H2,1H3,(H,34,35). The van der Waals surface area contributed by atoms with Crippen LogP contribution in [0.25, 0.3) is 0 Å². The Morgan fingerprint density at radius 3 is 2.51 bits per heavy atom. The maximum Gasteiger partial charge on any atom is 0.307 e. The monoisotopic (exact) mass is 481 g/mol. The lowest BCUT2D eigenvalue weighted by atomic mass is 9.83. The second-order valence-electron chi connectivity index (χ2n) is 10.7. The smallest absolute Gasteiger partial charge is 0.307 e. The number of carboxylic acid groups (broad SMARTS) is 1. The molecule has 1 N–H and O–H groups in total. The van der Waals surface area contributed by atoms with Gasteiger partial charge in [-0.1, -0.05) is 43.7 Å². The molecule has 3 fully saturated rings. The lowest BCUT2D eigenvalue weighted by Crippen LogP contribution is -2.56. The van der Waals surface area contributed by atoms with E-state index in [0.717, 1.165) is 63.9 Å². The number of nitrogens with zero attached hydrogens (tertiary/aromatic N) is 7. The molecule has 2 saturated heterocycles. The highest BCUT2D eigenvalue weighted by atomic mass is 16.4. The van der Waals surface area contributed by atoms with Crippen molar-refractivity contribution in [3.8, 4) is 0 Å². The zero-order valence-corrected chi connectivity index (χ0v) is 20.9. The Balaban J connectivity index is 1.39. The quantitative estimate of drug-likeness (QED) is 0.614. The Morgan fingerprint density at radius 1 is 1.06 bits per heavy atom. The average Bonchev–Trinajstić information content (AvgIpc) is 3.16. The van der Waals surface area contributed by atoms with Crippen LogP contribution in [0.2, 0.25) is 0 Å². The van der Waals surface area contributed by atoms with Crippen LogP contribution in [0.15, 0.2) is 30.3 Å². The lowest BCUT2D eigenvalue weighted by Gasteiger charge is -2.48. The van der Waals surface area contributed by atoms with Gasteiger partial charge in [-0.25, -0.2) is 4.68 Å². The molecule has 1 aromatic carbocycles. The first-order chi connectivity index (χ1) is 17.0. The summed E-state index contributed by atoms with van der Waals surface area (Å²) in [5.74, 6) is -0.123. The van der Waals surface area contributed by atoms with Gasteiger partial charge in [0.2, 0.25) is 0 Å². The summed E-state index contributed by atoms with van der Waals surface area (Å²) in [6.45, 7) is 9.13. The Labute approximate surface area is 208 Å². The number of likely N-dealkylation sites (tertiary alicyclic amines) is 1. The molecule has 1 aliphatic carbocycles. The normalized spacial score (nSPS) is 23.5. The van der Waals surface area contributed by atoms with E-state index in [9.17, 15) is 9.90 Å². The fourth-order valence-electron chi connectivity index (χ4n) is 6.14. The molecule has 190 valence electrons. The maximum absolute atomic E-state index is 11.4. The van der Waals surface area contributed by atoms with E-state index in [4.69, 9.17) is 0 Å². The number of benzene rings is 1. The summed E-state index contributed by atoms with van der Waals surface area (Å²) in [6, 6.07) is 11.2. The Hall–Kier alpha value is -2.36. The number of carbonyl (C=O) groups is 1. The summed E-state index contributed by atoms with van der Waals surface area (Å²) in [7, 11) is 0. The number of aromatic nitrogens is 4. The van der Waals surface area contributed by atoms with E-state index >= 15 is 0 Å². The highest BCUT2D eigenvalue weighted by Crippen LogP contribution is 2.39. The number of carboxylic acids is 1. The van der Waals surface area contributed by atoms with Crippen molar-refractivity contribution in [2.75, 3.05) is 45.8 Å². The number of piperidine rings is 1. The Bertz CT molecular complexity index is 969. The fourth-order valence-corrected chi connectivity index (χ4v) is 6.14. The third-order valence-corrected chi connectivity index (χ3v) is 8.49. The van der Waals surface area contributed by atoms with E-state index in [1.165, 1.54) is 31.4 Å². The summed E-state index contributed by atoms with van der Waals surface area (Å²) < 4.78 is 2.00. The molecule has 0 amide bonds. The molecule has 1 saturated carbocycles. The van der Waals surface area contributed by atoms with Crippen LogP contribution in [0, 0.1) is 5.92 Å². The minimum Gasteiger partial charge on any atom is -0.481 e. The Kier molecular flexibility index (Phi) is 7.45. The predicted molar refractivity (Wildman–Crippen MR) is 133 cm³/mol. The first kappa shape index (κ1) is 24.3. The van der Waals surface area contributed by atoms with Gasteiger partial charge in [-0.15, -0.1) is 5.10 Å². The van der Waals surface area contributed by atoms with E-state index in [1.54, 1.807) is 6.92 Å². The summed E-state index contributed by atoms with van der Waals surface area (Å²) in [5, 5.41) is 22.6. The van der Waals surface area contributed by atoms with Gasteiger partial charge in [0.1, 0.15) is 0 Å². The molecule has 2 aliphatic heterocycles. The molecule has 9 nitrogen and oxygen atoms in total. The molecule has 9 heteroatoms. The number of aliphatic carboxylic acids is 1. The van der Waals surface area contributed by atoms with Gasteiger partial charge >= 0.3 is 5.97 Å². The summed E-state index contributed by atoms with van der Waals surface area (Å²) in [5.41, 5.74) is 0.965. The van der Waals surface area contributed by atoms with Gasteiger partial charge in [0.15, 0.2) is 5.82 Å². The molecular weight excluding hydrogens is 442 g/mol. The Morgan fingerprint density at radius 2 is 1.83 bits per heavy atom. The van der Waals surface area contributed by atoms with E-state index in [1.807, 2.05) is 10.7 Å². The highest BCUT2D eigenvalue weighted by molar-refractivity contribution is 5.69. The van der Waals surface area contributed by atoms with Gasteiger partial charge in [-0.05, 0) is 54.6 Å². The lowest BCUT2D eigenvalue weighted by molar-refractivity contribution is -0.142. The predicted octanol–water partition coefficient (Wildman–Crippen LogP) is 2.29. The zero-order valence-electron chi connectivity index (χ0n) is 20.9. The highest BCUT2D eigenvalue weighted by Gasteiger charge is 2.46. The van der Waals surface area contributed by atoms with Crippen molar-refractivity contribution in [3.63, 3.8) is 0 Å². The van der Waals surface area contributed by atoms with Crippen LogP contribution < -0.4 is 0 Å². The van der Waals surface area contributed by atoms with E-state index in [0.29, 0.717) is 13.1 Å². The largest absolute Gasteiger partial charge is 0.481 e. The van der Waals surface area contributed by atoms with Crippen LogP contribution in [0.3, 0.4) is 0 Å². The van der Waals surface area contributed by atoms with Gasteiger partial charge in [0.25, 0.3) is 0 Å². The molecule has 0 spiro atoms. The van der Waals surface area contributed by atoms with E-state index in [2.05, 4.69) is 54.5 Å². The summed E-state index contributed by atoms with van der Waals surface area (Å²) >= 11 is 0. The maximum atomic E-state index is 11.4. The fraction of sp³-hybridized carbons (Fsp3) is 0.692. The van der Waals surface area contributed by atoms with E-state index < -0.39 is 5.97 Å². The molecule has 1 atom stereocenters. The second kappa shape index (κ2) is 10.7. The van der Waals surface area contributed by atoms with Crippen LogP contribution >= 0.6 is 0 Å². The van der Waals surface area contributed by atoms with Crippen molar-refractivity contribution in [2.45, 2.75) is 63.6 Å². The molecule has 3 aliphatic rings. The molecule has 0 radical (unpaired) electrons. The SMILES string of the molecule is CC(CN1CCC(c2nnnn2Cc2ccccc2)(N2CCCN(C3CCC3)CC2)CC1)C(=O)O. The van der Waals surface area contributed by atoms with Crippen LogP contribution in [-0.2, 0) is 16.9 Å². The van der Waals surface area contributed by atoms with Crippen molar-refractivity contribution in [1.82, 2.24) is 34.9 Å². The number of hydrogen-bond acceptors (Lipinski definition) is 7. The average molecular weight is 482 g/mol. The van der Waals surface area contributed by atoms with E-state index in [-0.39, 0.29) is 11.5 Å². The van der Waals surface area contributed by atoms with Crippen molar-refractivity contribution in [3.05, 3.63) is 41.7 Å². The van der Waals surface area contributed by atoms with Crippen molar-refractivity contribution in [1.29, 1.82) is 0 Å². The summed E-state index contributed by atoms with van der Waals surface area (Å²) in [6.07, 6.45) is 7.05. The first-order valence-electron chi connectivity index (χ1n) is 13.3. The zero-order chi connectivity index (χ0) is 24.3.